The molecule has 0 aliphatic carbocycles. The van der Waals surface area contributed by atoms with E-state index < -0.39 is 12.0 Å². The Morgan fingerprint density at radius 2 is 1.89 bits per heavy atom. The highest BCUT2D eigenvalue weighted by Crippen LogP contribution is 2.30. The van der Waals surface area contributed by atoms with Crippen LogP contribution in [0.25, 0.3) is 0 Å². The number of rotatable bonds is 7. The van der Waals surface area contributed by atoms with Crippen molar-refractivity contribution in [2.45, 2.75) is 19.4 Å². The van der Waals surface area contributed by atoms with Gasteiger partial charge in [0.05, 0.1) is 12.5 Å². The fourth-order valence-electron chi connectivity index (χ4n) is 1.89. The third kappa shape index (κ3) is 5.83. The van der Waals surface area contributed by atoms with Crippen molar-refractivity contribution in [3.63, 3.8) is 0 Å². The van der Waals surface area contributed by atoms with E-state index in [1.165, 1.54) is 6.07 Å². The number of para-hydroxylation sites is 1. The molecule has 1 atom stereocenters. The van der Waals surface area contributed by atoms with Crippen molar-refractivity contribution in [3.8, 4) is 5.75 Å². The molecule has 10 nitrogen and oxygen atoms in total. The number of nitrogens with zero attached hydrogens (tertiary/aromatic N) is 3. The van der Waals surface area contributed by atoms with Gasteiger partial charge in [-0.3, -0.25) is 9.59 Å². The van der Waals surface area contributed by atoms with Crippen molar-refractivity contribution in [1.29, 1.82) is 0 Å². The van der Waals surface area contributed by atoms with E-state index in [2.05, 4.69) is 20.5 Å². The van der Waals surface area contributed by atoms with E-state index in [9.17, 15) is 9.59 Å². The number of nitrogens with one attached hydrogen (secondary N) is 1. The number of nitrogen functional groups attached to an aromatic ring is 1. The summed E-state index contributed by atoms with van der Waals surface area (Å²) in [5.74, 6) is -0.268. The smallest absolute Gasteiger partial charge is 0.312 e. The second kappa shape index (κ2) is 9.36. The van der Waals surface area contributed by atoms with Crippen molar-refractivity contribution in [2.75, 3.05) is 17.6 Å². The number of hydrogen-bond donors (Lipinski definition) is 4. The normalized spacial score (nSPS) is 12.0. The Morgan fingerprint density at radius 1 is 1.19 bits per heavy atom. The van der Waals surface area contributed by atoms with Gasteiger partial charge in [-0.15, -0.1) is 10.2 Å². The van der Waals surface area contributed by atoms with Gasteiger partial charge in [0.15, 0.2) is 11.6 Å². The molecule has 7 N–H and O–H groups in total. The molecule has 0 saturated heterocycles. The molecule has 1 aromatic heterocycles. The molecule has 0 fully saturated rings. The number of azo groups is 1. The van der Waals surface area contributed by atoms with Crippen LogP contribution in [0.4, 0.5) is 23.0 Å². The van der Waals surface area contributed by atoms with Crippen LogP contribution in [0.15, 0.2) is 46.6 Å². The molecular formula is C17H21N7O3. The molecule has 0 radical (unpaired) electrons. The number of aromatic nitrogens is 1. The van der Waals surface area contributed by atoms with Crippen LogP contribution >= 0.6 is 0 Å². The van der Waals surface area contributed by atoms with E-state index >= 15 is 0 Å². The molecule has 2 rings (SSSR count). The number of benzene rings is 1. The summed E-state index contributed by atoms with van der Waals surface area (Å²) >= 11 is 0. The van der Waals surface area contributed by atoms with Crippen molar-refractivity contribution in [2.24, 2.45) is 21.7 Å². The zero-order valence-corrected chi connectivity index (χ0v) is 14.8. The second-order valence-corrected chi connectivity index (χ2v) is 5.56. The van der Waals surface area contributed by atoms with Gasteiger partial charge in [0.2, 0.25) is 5.91 Å². The molecule has 1 aromatic carbocycles. The van der Waals surface area contributed by atoms with Gasteiger partial charge < -0.3 is 27.3 Å². The van der Waals surface area contributed by atoms with E-state index in [-0.39, 0.29) is 41.9 Å². The lowest BCUT2D eigenvalue weighted by atomic mass is 10.3. The number of hydrogen-bond acceptors (Lipinski definition) is 9. The van der Waals surface area contributed by atoms with Gasteiger partial charge in [-0.1, -0.05) is 12.1 Å². The summed E-state index contributed by atoms with van der Waals surface area (Å²) in [7, 11) is 0. The Bertz CT molecular complexity index is 852. The van der Waals surface area contributed by atoms with Crippen molar-refractivity contribution in [1.82, 2.24) is 4.98 Å². The predicted octanol–water partition coefficient (Wildman–Crippen LogP) is 1.62. The first-order valence-electron chi connectivity index (χ1n) is 8.15. The van der Waals surface area contributed by atoms with Crippen LogP contribution in [0, 0.1) is 0 Å². The summed E-state index contributed by atoms with van der Waals surface area (Å²) in [5.41, 5.74) is 17.3. The molecule has 0 aliphatic rings. The molecule has 142 valence electrons. The number of esters is 1. The van der Waals surface area contributed by atoms with E-state index in [0.29, 0.717) is 5.69 Å². The summed E-state index contributed by atoms with van der Waals surface area (Å²) < 4.78 is 5.21. The summed E-state index contributed by atoms with van der Waals surface area (Å²) in [6, 6.07) is 9.06. The van der Waals surface area contributed by atoms with Crippen LogP contribution in [-0.4, -0.2) is 29.4 Å². The second-order valence-electron chi connectivity index (χ2n) is 5.56. The topological polar surface area (TPSA) is 171 Å². The number of carbonyl (C=O) groups is 2. The summed E-state index contributed by atoms with van der Waals surface area (Å²) in [5, 5.41) is 10.6. The maximum atomic E-state index is 11.6. The largest absolute Gasteiger partial charge is 0.424 e. The quantitative estimate of drug-likeness (QED) is 0.325. The van der Waals surface area contributed by atoms with Crippen LogP contribution < -0.4 is 27.3 Å². The zero-order valence-electron chi connectivity index (χ0n) is 14.8. The first-order chi connectivity index (χ1) is 12.9. The fraction of sp³-hybridized carbons (Fsp3) is 0.235. The van der Waals surface area contributed by atoms with E-state index in [0.717, 1.165) is 0 Å². The van der Waals surface area contributed by atoms with Gasteiger partial charge >= 0.3 is 5.97 Å². The molecule has 0 aliphatic heterocycles. The van der Waals surface area contributed by atoms with Crippen molar-refractivity contribution >= 4 is 34.9 Å². The minimum absolute atomic E-state index is 0.0684. The Hall–Kier alpha value is -3.37. The minimum atomic E-state index is -0.675. The molecule has 1 heterocycles. The number of amides is 1. The molecule has 0 unspecified atom stereocenters. The maximum absolute atomic E-state index is 11.6. The van der Waals surface area contributed by atoms with Crippen LogP contribution in [0.2, 0.25) is 0 Å². The Morgan fingerprint density at radius 3 is 2.56 bits per heavy atom. The maximum Gasteiger partial charge on any atom is 0.312 e. The van der Waals surface area contributed by atoms with Crippen LogP contribution in [0.5, 0.6) is 5.75 Å². The molecule has 0 bridgehead atoms. The Kier molecular flexibility index (Phi) is 6.92. The third-order valence-electron chi connectivity index (χ3n) is 3.27. The van der Waals surface area contributed by atoms with Gasteiger partial charge in [-0.2, -0.15) is 0 Å². The molecule has 0 saturated carbocycles. The highest BCUT2D eigenvalue weighted by Gasteiger charge is 2.11. The van der Waals surface area contributed by atoms with E-state index in [1.54, 1.807) is 37.3 Å². The number of carbonyl (C=O) groups excluding carboxylic acids is 2. The van der Waals surface area contributed by atoms with Crippen LogP contribution in [0.1, 0.15) is 13.3 Å². The first-order valence-corrected chi connectivity index (χ1v) is 8.15. The van der Waals surface area contributed by atoms with Crippen molar-refractivity contribution in [3.05, 3.63) is 36.4 Å². The van der Waals surface area contributed by atoms with Gasteiger partial charge in [-0.05, 0) is 31.2 Å². The number of pyridine rings is 1. The predicted molar refractivity (Wildman–Crippen MR) is 101 cm³/mol. The molecule has 1 amide bonds. The standard InChI is InChI=1S/C17H21N7O3/c1-10(19)17(26)22-14-7-6-12(16(20)21-14)24-23-11-4-2-3-5-13(11)27-15(25)8-9-18/h2-7,10H,8-9,18-19H2,1H3,(H3,20,21,22,26)/b24-23+/t10-/m0/s1. The molecule has 0 spiro atoms. The third-order valence-corrected chi connectivity index (χ3v) is 3.27. The number of ether oxygens (including phenoxy) is 1. The monoisotopic (exact) mass is 371 g/mol. The lowest BCUT2D eigenvalue weighted by Gasteiger charge is -2.08. The van der Waals surface area contributed by atoms with Crippen LogP contribution in [-0.2, 0) is 9.59 Å². The van der Waals surface area contributed by atoms with E-state index in [1.807, 2.05) is 0 Å². The highest BCUT2D eigenvalue weighted by molar-refractivity contribution is 5.93. The summed E-state index contributed by atoms with van der Waals surface area (Å²) in [6.45, 7) is 1.75. The average Bonchev–Trinajstić information content (AvgIpc) is 2.62. The number of nitrogens with two attached hydrogens (primary N) is 3. The minimum Gasteiger partial charge on any atom is -0.424 e. The Balaban J connectivity index is 2.16. The molecular weight excluding hydrogens is 350 g/mol. The summed E-state index contributed by atoms with van der Waals surface area (Å²) in [6.07, 6.45) is 0.0942. The Labute approximate surface area is 155 Å². The SMILES string of the molecule is C[C@H](N)C(=O)Nc1ccc(/N=N/c2ccccc2OC(=O)CCN)c(N)n1. The average molecular weight is 371 g/mol. The van der Waals surface area contributed by atoms with Crippen molar-refractivity contribution < 1.29 is 14.3 Å². The van der Waals surface area contributed by atoms with Crippen LogP contribution in [0.3, 0.4) is 0 Å². The highest BCUT2D eigenvalue weighted by atomic mass is 16.5. The molecule has 27 heavy (non-hydrogen) atoms. The van der Waals surface area contributed by atoms with Gasteiger partial charge in [-0.25, -0.2) is 4.98 Å². The lowest BCUT2D eigenvalue weighted by molar-refractivity contribution is -0.134. The van der Waals surface area contributed by atoms with Gasteiger partial charge in [0.25, 0.3) is 0 Å². The van der Waals surface area contributed by atoms with E-state index in [4.69, 9.17) is 21.9 Å². The number of anilines is 2. The first kappa shape index (κ1) is 19.9. The van der Waals surface area contributed by atoms with Gasteiger partial charge in [0, 0.05) is 6.54 Å². The molecule has 2 aromatic rings. The summed E-state index contributed by atoms with van der Waals surface area (Å²) in [4.78, 5) is 27.2. The fourth-order valence-corrected chi connectivity index (χ4v) is 1.89. The van der Waals surface area contributed by atoms with Gasteiger partial charge in [0.1, 0.15) is 17.2 Å². The molecule has 10 heteroatoms. The lowest BCUT2D eigenvalue weighted by Crippen LogP contribution is -2.32. The zero-order chi connectivity index (χ0) is 19.8.